The van der Waals surface area contributed by atoms with Gasteiger partial charge >= 0.3 is 0 Å². The molecule has 3 heteroatoms. The molecule has 0 radical (unpaired) electrons. The van der Waals surface area contributed by atoms with Gasteiger partial charge in [0.15, 0.2) is 0 Å². The summed E-state index contributed by atoms with van der Waals surface area (Å²) in [5.41, 5.74) is 0. The number of rotatable bonds is 0. The van der Waals surface area contributed by atoms with Crippen molar-refractivity contribution in [2.45, 2.75) is 0 Å². The molecule has 1 nitrogen and oxygen atoms in total. The smallest absolute Gasteiger partial charge is 0.101 e. The summed E-state index contributed by atoms with van der Waals surface area (Å²) in [6, 6.07) is 0. The van der Waals surface area contributed by atoms with Crippen molar-refractivity contribution in [3.05, 3.63) is 22.8 Å². The number of hydrogen-bond acceptors (Lipinski definition) is 0. The Morgan fingerprint density at radius 3 is 2.67 bits per heavy atom. The van der Waals surface area contributed by atoms with Crippen molar-refractivity contribution in [2.75, 3.05) is 13.6 Å². The lowest BCUT2D eigenvalue weighted by atomic mass is 10.4. The van der Waals surface area contributed by atoms with Gasteiger partial charge in [0.2, 0.25) is 0 Å². The summed E-state index contributed by atoms with van der Waals surface area (Å²) >= 11 is 3.38. The molecule has 1 unspecified atom stereocenters. The number of allylic oxidation sites excluding steroid dienone is 2. The van der Waals surface area contributed by atoms with Gasteiger partial charge in [-0.1, -0.05) is 15.9 Å². The summed E-state index contributed by atoms with van der Waals surface area (Å²) in [5, 5.41) is 0. The van der Waals surface area contributed by atoms with Crippen LogP contribution in [0.1, 0.15) is 0 Å². The number of likely N-dealkylation sites (N-methyl/N-ethyl adjacent to an activating group) is 1. The maximum atomic E-state index is 3.38. The van der Waals surface area contributed by atoms with E-state index in [1.54, 1.807) is 0 Å². The Balaban J connectivity index is 0.000000640. The van der Waals surface area contributed by atoms with Crippen molar-refractivity contribution in [1.82, 2.24) is 0 Å². The third kappa shape index (κ3) is 3.04. The minimum absolute atomic E-state index is 0. The van der Waals surface area contributed by atoms with Gasteiger partial charge in [-0.3, -0.25) is 0 Å². The minimum Gasteiger partial charge on any atom is -1.00 e. The summed E-state index contributed by atoms with van der Waals surface area (Å²) in [6.45, 7) is 1.09. The van der Waals surface area contributed by atoms with Crippen LogP contribution in [0.4, 0.5) is 0 Å². The minimum atomic E-state index is 0. The normalized spacial score (nSPS) is 24.7. The summed E-state index contributed by atoms with van der Waals surface area (Å²) in [6.07, 6.45) is 6.36. The van der Waals surface area contributed by atoms with Crippen LogP contribution in [0.5, 0.6) is 0 Å². The maximum Gasteiger partial charge on any atom is 0.101 e. The first kappa shape index (κ1) is 9.21. The Hall–Kier alpha value is 0.210. The molecule has 0 aliphatic carbocycles. The third-order valence-corrected chi connectivity index (χ3v) is 1.73. The second kappa shape index (κ2) is 4.09. The van der Waals surface area contributed by atoms with Crippen LogP contribution in [0.15, 0.2) is 22.8 Å². The van der Waals surface area contributed by atoms with Crippen molar-refractivity contribution in [3.63, 3.8) is 0 Å². The van der Waals surface area contributed by atoms with Gasteiger partial charge in [-0.2, -0.15) is 0 Å². The number of halogens is 2. The predicted molar refractivity (Wildman–Crippen MR) is 37.9 cm³/mol. The molecule has 0 spiro atoms. The van der Waals surface area contributed by atoms with Crippen LogP contribution >= 0.6 is 15.9 Å². The molecule has 0 saturated carbocycles. The molecule has 0 fully saturated rings. The second-order valence-electron chi connectivity index (χ2n) is 1.97. The predicted octanol–water partition coefficient (Wildman–Crippen LogP) is -2.69. The highest BCUT2D eigenvalue weighted by atomic mass is 79.9. The molecule has 0 saturated heterocycles. The molecule has 9 heavy (non-hydrogen) atoms. The van der Waals surface area contributed by atoms with Gasteiger partial charge in [0.25, 0.3) is 0 Å². The highest BCUT2D eigenvalue weighted by molar-refractivity contribution is 9.11. The van der Waals surface area contributed by atoms with E-state index in [4.69, 9.17) is 0 Å². The lowest BCUT2D eigenvalue weighted by Crippen LogP contribution is -3.04. The van der Waals surface area contributed by atoms with Gasteiger partial charge in [-0.15, -0.1) is 0 Å². The highest BCUT2D eigenvalue weighted by Gasteiger charge is 1.98. The molecule has 1 rings (SSSR count). The fraction of sp³-hybridized carbons (Fsp3) is 0.333. The standard InChI is InChI=1S/C6H8BrN.ClH/c1-8-4-2-6(7)3-5-8;/h2-4H,5H2,1H3;1H. The molecule has 1 N–H and O–H groups in total. The van der Waals surface area contributed by atoms with Gasteiger partial charge in [0, 0.05) is 10.6 Å². The van der Waals surface area contributed by atoms with Gasteiger partial charge in [0.1, 0.15) is 6.54 Å². The van der Waals surface area contributed by atoms with Gasteiger partial charge in [0.05, 0.1) is 13.2 Å². The Morgan fingerprint density at radius 2 is 2.33 bits per heavy atom. The van der Waals surface area contributed by atoms with E-state index in [1.165, 1.54) is 9.38 Å². The number of hydrogen-bond donors (Lipinski definition) is 1. The first-order valence-electron chi connectivity index (χ1n) is 2.65. The third-order valence-electron chi connectivity index (χ3n) is 1.15. The van der Waals surface area contributed by atoms with E-state index in [0.717, 1.165) is 6.54 Å². The zero-order valence-corrected chi connectivity index (χ0v) is 7.54. The van der Waals surface area contributed by atoms with Crippen molar-refractivity contribution < 1.29 is 17.3 Å². The summed E-state index contributed by atoms with van der Waals surface area (Å²) in [7, 11) is 2.13. The van der Waals surface area contributed by atoms with Crippen LogP contribution in [0.2, 0.25) is 0 Å². The SMILES string of the molecule is C[NH+]1C=CC(Br)=CC1.[Cl-]. The average Bonchev–Trinajstić information content (AvgIpc) is 1.77. The van der Waals surface area contributed by atoms with Crippen molar-refractivity contribution in [2.24, 2.45) is 0 Å². The average molecular weight is 211 g/mol. The van der Waals surface area contributed by atoms with E-state index in [2.05, 4.69) is 41.3 Å². The van der Waals surface area contributed by atoms with E-state index in [1.807, 2.05) is 0 Å². The monoisotopic (exact) mass is 209 g/mol. The number of quaternary nitrogens is 1. The van der Waals surface area contributed by atoms with Gasteiger partial charge in [-0.05, 0) is 6.08 Å². The van der Waals surface area contributed by atoms with Gasteiger partial charge < -0.3 is 17.3 Å². The van der Waals surface area contributed by atoms with E-state index >= 15 is 0 Å². The van der Waals surface area contributed by atoms with Crippen LogP contribution in [0, 0.1) is 0 Å². The maximum absolute atomic E-state index is 3.38. The number of nitrogens with one attached hydrogen (secondary N) is 1. The quantitative estimate of drug-likeness (QED) is 0.444. The van der Waals surface area contributed by atoms with Crippen molar-refractivity contribution in [3.8, 4) is 0 Å². The van der Waals surface area contributed by atoms with E-state index < -0.39 is 0 Å². The second-order valence-corrected chi connectivity index (χ2v) is 2.89. The molecule has 0 aromatic carbocycles. The Kier molecular flexibility index (Phi) is 4.19. The fourth-order valence-corrected chi connectivity index (χ4v) is 0.910. The molecule has 1 aliphatic heterocycles. The Bertz CT molecular complexity index is 142. The lowest BCUT2D eigenvalue weighted by molar-refractivity contribution is -0.818. The van der Waals surface area contributed by atoms with Crippen LogP contribution < -0.4 is 17.3 Å². The molecule has 1 atom stereocenters. The molecule has 0 bridgehead atoms. The van der Waals surface area contributed by atoms with Crippen LogP contribution in [0.25, 0.3) is 0 Å². The molecule has 0 aromatic heterocycles. The molecule has 1 aliphatic rings. The van der Waals surface area contributed by atoms with Crippen LogP contribution in [0.3, 0.4) is 0 Å². The van der Waals surface area contributed by atoms with E-state index in [9.17, 15) is 0 Å². The summed E-state index contributed by atoms with van der Waals surface area (Å²) in [4.78, 5) is 1.42. The zero-order chi connectivity index (χ0) is 5.98. The van der Waals surface area contributed by atoms with Crippen LogP contribution in [-0.4, -0.2) is 13.6 Å². The largest absolute Gasteiger partial charge is 1.00 e. The Labute approximate surface area is 70.0 Å². The van der Waals surface area contributed by atoms with E-state index in [0.29, 0.717) is 0 Å². The molecule has 52 valence electrons. The molecular formula is C6H9BrClN. The first-order chi connectivity index (χ1) is 3.79. The Morgan fingerprint density at radius 1 is 1.67 bits per heavy atom. The molecule has 0 amide bonds. The summed E-state index contributed by atoms with van der Waals surface area (Å²) in [5.74, 6) is 0. The fourth-order valence-electron chi connectivity index (χ4n) is 0.616. The molecule has 0 aromatic rings. The molecular weight excluding hydrogens is 201 g/mol. The highest BCUT2D eigenvalue weighted by Crippen LogP contribution is 2.04. The van der Waals surface area contributed by atoms with Gasteiger partial charge in [-0.25, -0.2) is 0 Å². The summed E-state index contributed by atoms with van der Waals surface area (Å²) < 4.78 is 1.20. The zero-order valence-electron chi connectivity index (χ0n) is 5.20. The van der Waals surface area contributed by atoms with Crippen LogP contribution in [-0.2, 0) is 0 Å². The molecule has 1 heterocycles. The van der Waals surface area contributed by atoms with Crippen molar-refractivity contribution in [1.29, 1.82) is 0 Å². The van der Waals surface area contributed by atoms with E-state index in [-0.39, 0.29) is 12.4 Å². The first-order valence-corrected chi connectivity index (χ1v) is 3.44. The van der Waals surface area contributed by atoms with Crippen molar-refractivity contribution >= 4 is 15.9 Å². The lowest BCUT2D eigenvalue weighted by Gasteiger charge is -2.07. The topological polar surface area (TPSA) is 4.44 Å².